The number of rotatable bonds is 5. The number of hydrogen-bond acceptors (Lipinski definition) is 3. The van der Waals surface area contributed by atoms with Gasteiger partial charge in [0.15, 0.2) is 0 Å². The zero-order valence-electron chi connectivity index (χ0n) is 12.1. The summed E-state index contributed by atoms with van der Waals surface area (Å²) in [6.07, 6.45) is 3.18. The number of hydrogen-bond donors (Lipinski definition) is 1. The Labute approximate surface area is 115 Å². The van der Waals surface area contributed by atoms with E-state index in [0.717, 1.165) is 30.3 Å². The number of anilines is 3. The monoisotopic (exact) mass is 258 g/mol. The van der Waals surface area contributed by atoms with Gasteiger partial charge in [0.1, 0.15) is 0 Å². The van der Waals surface area contributed by atoms with Crippen LogP contribution in [0, 0.1) is 6.92 Å². The van der Waals surface area contributed by atoms with Crippen molar-refractivity contribution in [2.45, 2.75) is 26.8 Å². The van der Waals surface area contributed by atoms with Crippen LogP contribution in [-0.4, -0.2) is 23.6 Å². The van der Waals surface area contributed by atoms with E-state index in [9.17, 15) is 0 Å². The second kappa shape index (κ2) is 5.78. The number of benzene rings is 1. The van der Waals surface area contributed by atoms with Gasteiger partial charge < -0.3 is 14.8 Å². The first-order valence-electron chi connectivity index (χ1n) is 6.68. The summed E-state index contributed by atoms with van der Waals surface area (Å²) in [6.45, 7) is 5.18. The maximum absolute atomic E-state index is 4.52. The van der Waals surface area contributed by atoms with Crippen LogP contribution in [-0.2, 0) is 6.54 Å². The Balaban J connectivity index is 2.16. The van der Waals surface area contributed by atoms with E-state index in [1.807, 2.05) is 21.0 Å². The number of aryl methyl sites for hydroxylation is 2. The molecule has 0 saturated carbocycles. The lowest BCUT2D eigenvalue weighted by Gasteiger charge is -2.13. The molecule has 2 aromatic rings. The van der Waals surface area contributed by atoms with Crippen LogP contribution in [0.15, 0.2) is 30.5 Å². The molecule has 1 aromatic carbocycles. The summed E-state index contributed by atoms with van der Waals surface area (Å²) in [5.74, 6) is 0.914. The van der Waals surface area contributed by atoms with E-state index in [1.54, 1.807) is 0 Å². The van der Waals surface area contributed by atoms with Gasteiger partial charge in [0.2, 0.25) is 5.95 Å². The fourth-order valence-corrected chi connectivity index (χ4v) is 2.03. The minimum atomic E-state index is 0.914. The first-order valence-corrected chi connectivity index (χ1v) is 6.68. The standard InChI is InChI=1S/C15H22N4/c1-5-10-19-11-12(2)16-15(19)17-13-6-8-14(9-7-13)18(3)4/h6-9,11H,5,10H2,1-4H3,(H,16,17). The number of imidazole rings is 1. The molecule has 0 bridgehead atoms. The van der Waals surface area contributed by atoms with E-state index < -0.39 is 0 Å². The number of aromatic nitrogens is 2. The van der Waals surface area contributed by atoms with Gasteiger partial charge in [-0.3, -0.25) is 0 Å². The van der Waals surface area contributed by atoms with E-state index in [0.29, 0.717) is 0 Å². The second-order valence-corrected chi connectivity index (χ2v) is 4.97. The maximum Gasteiger partial charge on any atom is 0.207 e. The Hall–Kier alpha value is -1.97. The Bertz CT molecular complexity index is 526. The third-order valence-corrected chi connectivity index (χ3v) is 3.00. The van der Waals surface area contributed by atoms with Crippen LogP contribution in [0.4, 0.5) is 17.3 Å². The molecule has 1 heterocycles. The van der Waals surface area contributed by atoms with Crippen molar-refractivity contribution in [2.75, 3.05) is 24.3 Å². The van der Waals surface area contributed by atoms with Crippen molar-refractivity contribution in [3.05, 3.63) is 36.2 Å². The maximum atomic E-state index is 4.52. The third kappa shape index (κ3) is 3.28. The highest BCUT2D eigenvalue weighted by Crippen LogP contribution is 2.20. The van der Waals surface area contributed by atoms with Crippen molar-refractivity contribution in [2.24, 2.45) is 0 Å². The predicted molar refractivity (Wildman–Crippen MR) is 81.3 cm³/mol. The van der Waals surface area contributed by atoms with Crippen molar-refractivity contribution in [3.8, 4) is 0 Å². The van der Waals surface area contributed by atoms with Crippen molar-refractivity contribution in [1.29, 1.82) is 0 Å². The average Bonchev–Trinajstić information content (AvgIpc) is 2.71. The average molecular weight is 258 g/mol. The van der Waals surface area contributed by atoms with Gasteiger partial charge in [0.05, 0.1) is 5.69 Å². The van der Waals surface area contributed by atoms with E-state index in [2.05, 4.69) is 57.2 Å². The van der Waals surface area contributed by atoms with Gasteiger partial charge in [-0.2, -0.15) is 0 Å². The molecule has 0 amide bonds. The van der Waals surface area contributed by atoms with Crippen LogP contribution >= 0.6 is 0 Å². The molecule has 0 unspecified atom stereocenters. The summed E-state index contributed by atoms with van der Waals surface area (Å²) in [4.78, 5) is 6.61. The summed E-state index contributed by atoms with van der Waals surface area (Å²) in [5, 5.41) is 3.38. The molecule has 0 saturated heterocycles. The molecule has 0 radical (unpaired) electrons. The van der Waals surface area contributed by atoms with Crippen LogP contribution in [0.25, 0.3) is 0 Å². The summed E-state index contributed by atoms with van der Waals surface area (Å²) in [5.41, 5.74) is 3.30. The zero-order chi connectivity index (χ0) is 13.8. The van der Waals surface area contributed by atoms with Crippen molar-refractivity contribution < 1.29 is 0 Å². The summed E-state index contributed by atoms with van der Waals surface area (Å²) < 4.78 is 2.16. The number of nitrogens with zero attached hydrogens (tertiary/aromatic N) is 3. The molecule has 2 rings (SSSR count). The SMILES string of the molecule is CCCn1cc(C)nc1Nc1ccc(N(C)C)cc1. The fourth-order valence-electron chi connectivity index (χ4n) is 2.03. The molecular weight excluding hydrogens is 236 g/mol. The molecule has 102 valence electrons. The molecular formula is C15H22N4. The van der Waals surface area contributed by atoms with Gasteiger partial charge in [-0.1, -0.05) is 6.92 Å². The highest BCUT2D eigenvalue weighted by Gasteiger charge is 2.05. The lowest BCUT2D eigenvalue weighted by atomic mass is 10.2. The first-order chi connectivity index (χ1) is 9.10. The smallest absolute Gasteiger partial charge is 0.207 e. The molecule has 0 atom stereocenters. The van der Waals surface area contributed by atoms with Crippen LogP contribution in [0.1, 0.15) is 19.0 Å². The van der Waals surface area contributed by atoms with Crippen LogP contribution in [0.2, 0.25) is 0 Å². The topological polar surface area (TPSA) is 33.1 Å². The minimum Gasteiger partial charge on any atom is -0.378 e. The summed E-state index contributed by atoms with van der Waals surface area (Å²) >= 11 is 0. The second-order valence-electron chi connectivity index (χ2n) is 4.97. The molecule has 0 spiro atoms. The lowest BCUT2D eigenvalue weighted by molar-refractivity contribution is 0.686. The van der Waals surface area contributed by atoms with Gasteiger partial charge >= 0.3 is 0 Å². The molecule has 0 fully saturated rings. The molecule has 1 N–H and O–H groups in total. The predicted octanol–water partition coefficient (Wildman–Crippen LogP) is 3.41. The first kappa shape index (κ1) is 13.5. The Morgan fingerprint density at radius 2 is 1.89 bits per heavy atom. The van der Waals surface area contributed by atoms with Crippen molar-refractivity contribution >= 4 is 17.3 Å². The van der Waals surface area contributed by atoms with Crippen LogP contribution in [0.5, 0.6) is 0 Å². The van der Waals surface area contributed by atoms with Crippen LogP contribution < -0.4 is 10.2 Å². The van der Waals surface area contributed by atoms with Gasteiger partial charge in [-0.05, 0) is 37.6 Å². The molecule has 0 aliphatic rings. The van der Waals surface area contributed by atoms with E-state index in [-0.39, 0.29) is 0 Å². The molecule has 1 aromatic heterocycles. The molecule has 4 nitrogen and oxygen atoms in total. The summed E-state index contributed by atoms with van der Waals surface area (Å²) in [7, 11) is 4.08. The number of nitrogens with one attached hydrogen (secondary N) is 1. The van der Waals surface area contributed by atoms with E-state index in [4.69, 9.17) is 0 Å². The van der Waals surface area contributed by atoms with Crippen molar-refractivity contribution in [1.82, 2.24) is 9.55 Å². The van der Waals surface area contributed by atoms with Crippen LogP contribution in [0.3, 0.4) is 0 Å². The third-order valence-electron chi connectivity index (χ3n) is 3.00. The van der Waals surface area contributed by atoms with Gasteiger partial charge in [0, 0.05) is 38.2 Å². The summed E-state index contributed by atoms with van der Waals surface area (Å²) in [6, 6.07) is 8.36. The Morgan fingerprint density at radius 3 is 2.47 bits per heavy atom. The van der Waals surface area contributed by atoms with Gasteiger partial charge in [-0.15, -0.1) is 0 Å². The highest BCUT2D eigenvalue weighted by atomic mass is 15.2. The van der Waals surface area contributed by atoms with Crippen molar-refractivity contribution in [3.63, 3.8) is 0 Å². The Morgan fingerprint density at radius 1 is 1.21 bits per heavy atom. The zero-order valence-corrected chi connectivity index (χ0v) is 12.1. The quantitative estimate of drug-likeness (QED) is 0.892. The fraction of sp³-hybridized carbons (Fsp3) is 0.400. The van der Waals surface area contributed by atoms with E-state index >= 15 is 0 Å². The largest absolute Gasteiger partial charge is 0.378 e. The highest BCUT2D eigenvalue weighted by molar-refractivity contribution is 5.59. The molecule has 0 aliphatic heterocycles. The van der Waals surface area contributed by atoms with E-state index in [1.165, 1.54) is 5.69 Å². The van der Waals surface area contributed by atoms with Gasteiger partial charge in [0.25, 0.3) is 0 Å². The molecule has 19 heavy (non-hydrogen) atoms. The lowest BCUT2D eigenvalue weighted by Crippen LogP contribution is -2.08. The minimum absolute atomic E-state index is 0.914. The Kier molecular flexibility index (Phi) is 4.10. The van der Waals surface area contributed by atoms with Gasteiger partial charge in [-0.25, -0.2) is 4.98 Å². The molecule has 0 aliphatic carbocycles. The molecule has 4 heteroatoms. The normalized spacial score (nSPS) is 10.5.